The van der Waals surface area contributed by atoms with E-state index >= 15 is 0 Å². The van der Waals surface area contributed by atoms with E-state index in [0.717, 1.165) is 18.8 Å². The number of hydrogen-bond donors (Lipinski definition) is 2. The molecule has 0 bridgehead atoms. The Morgan fingerprint density at radius 3 is 2.86 bits per heavy atom. The van der Waals surface area contributed by atoms with Crippen molar-refractivity contribution >= 4 is 11.7 Å². The van der Waals surface area contributed by atoms with Gasteiger partial charge >= 0.3 is 0 Å². The predicted molar refractivity (Wildman–Crippen MR) is 88.1 cm³/mol. The first-order valence-corrected chi connectivity index (χ1v) is 8.43. The van der Waals surface area contributed by atoms with E-state index in [4.69, 9.17) is 0 Å². The number of nitrogens with zero attached hydrogens (tertiary/aromatic N) is 2. The van der Waals surface area contributed by atoms with Gasteiger partial charge in [0.2, 0.25) is 0 Å². The zero-order valence-electron chi connectivity index (χ0n) is 13.3. The van der Waals surface area contributed by atoms with Crippen LogP contribution in [0.3, 0.4) is 0 Å². The maximum absolute atomic E-state index is 12.1. The SMILES string of the molecule is CN1CCCC[C@H]1CCNC(=O)c1ccc(NC2CC2)nc1. The van der Waals surface area contributed by atoms with Crippen LogP contribution in [0.25, 0.3) is 0 Å². The lowest BCUT2D eigenvalue weighted by atomic mass is 10.0. The zero-order valence-corrected chi connectivity index (χ0v) is 13.3. The molecule has 2 heterocycles. The van der Waals surface area contributed by atoms with E-state index in [0.29, 0.717) is 17.6 Å². The second-order valence-electron chi connectivity index (χ2n) is 6.53. The molecule has 5 heteroatoms. The first-order valence-electron chi connectivity index (χ1n) is 8.43. The number of amides is 1. The second-order valence-corrected chi connectivity index (χ2v) is 6.53. The summed E-state index contributed by atoms with van der Waals surface area (Å²) in [4.78, 5) is 18.9. The maximum atomic E-state index is 12.1. The summed E-state index contributed by atoms with van der Waals surface area (Å²) in [6.07, 6.45) is 8.98. The molecule has 1 aromatic heterocycles. The van der Waals surface area contributed by atoms with E-state index in [1.807, 2.05) is 12.1 Å². The first-order chi connectivity index (χ1) is 10.7. The van der Waals surface area contributed by atoms with Crippen molar-refractivity contribution in [1.29, 1.82) is 0 Å². The average molecular weight is 302 g/mol. The molecule has 1 saturated heterocycles. The third-order valence-electron chi connectivity index (χ3n) is 4.64. The number of carbonyl (C=O) groups excluding carboxylic acids is 1. The molecule has 1 aromatic rings. The van der Waals surface area contributed by atoms with Gasteiger partial charge < -0.3 is 15.5 Å². The Bertz CT molecular complexity index is 498. The van der Waals surface area contributed by atoms with Crippen molar-refractivity contribution in [3.63, 3.8) is 0 Å². The molecule has 5 nitrogen and oxygen atoms in total. The van der Waals surface area contributed by atoms with E-state index in [1.54, 1.807) is 6.20 Å². The summed E-state index contributed by atoms with van der Waals surface area (Å²) in [5.41, 5.74) is 0.637. The fourth-order valence-corrected chi connectivity index (χ4v) is 3.01. The van der Waals surface area contributed by atoms with Crippen LogP contribution < -0.4 is 10.6 Å². The topological polar surface area (TPSA) is 57.3 Å². The van der Waals surface area contributed by atoms with Crippen LogP contribution >= 0.6 is 0 Å². The molecule has 22 heavy (non-hydrogen) atoms. The Labute approximate surface area is 132 Å². The van der Waals surface area contributed by atoms with Gasteiger partial charge in [0.15, 0.2) is 0 Å². The standard InChI is InChI=1S/C17H26N4O/c1-21-11-3-2-4-15(21)9-10-18-17(22)13-5-8-16(19-12-13)20-14-6-7-14/h5,8,12,14-15H,2-4,6-7,9-11H2,1H3,(H,18,22)(H,19,20)/t15-/m0/s1. The van der Waals surface area contributed by atoms with E-state index in [-0.39, 0.29) is 5.91 Å². The van der Waals surface area contributed by atoms with Crippen LogP contribution in [0.4, 0.5) is 5.82 Å². The zero-order chi connectivity index (χ0) is 15.4. The van der Waals surface area contributed by atoms with Crippen LogP contribution in [0.15, 0.2) is 18.3 Å². The molecule has 0 unspecified atom stereocenters. The van der Waals surface area contributed by atoms with Crippen LogP contribution in [0, 0.1) is 0 Å². The van der Waals surface area contributed by atoms with Crippen molar-refractivity contribution in [1.82, 2.24) is 15.2 Å². The molecular formula is C17H26N4O. The molecule has 120 valence electrons. The maximum Gasteiger partial charge on any atom is 0.252 e. The summed E-state index contributed by atoms with van der Waals surface area (Å²) in [6.45, 7) is 1.91. The number of hydrogen-bond acceptors (Lipinski definition) is 4. The van der Waals surface area contributed by atoms with Gasteiger partial charge in [-0.1, -0.05) is 6.42 Å². The first kappa shape index (κ1) is 15.3. The Hall–Kier alpha value is -1.62. The van der Waals surface area contributed by atoms with E-state index in [1.165, 1.54) is 38.6 Å². The van der Waals surface area contributed by atoms with Gasteiger partial charge in [0.05, 0.1) is 5.56 Å². The molecule has 3 rings (SSSR count). The van der Waals surface area contributed by atoms with Gasteiger partial charge in [0.1, 0.15) is 5.82 Å². The van der Waals surface area contributed by atoms with Crippen LogP contribution in [0.2, 0.25) is 0 Å². The average Bonchev–Trinajstić information content (AvgIpc) is 3.34. The molecule has 1 amide bonds. The van der Waals surface area contributed by atoms with Crippen LogP contribution in [0.5, 0.6) is 0 Å². The predicted octanol–water partition coefficient (Wildman–Crippen LogP) is 2.26. The molecule has 2 N–H and O–H groups in total. The molecule has 0 spiro atoms. The Kier molecular flexibility index (Phi) is 4.93. The lowest BCUT2D eigenvalue weighted by molar-refractivity contribution is 0.0945. The van der Waals surface area contributed by atoms with Gasteiger partial charge in [0, 0.05) is 24.8 Å². The summed E-state index contributed by atoms with van der Waals surface area (Å²) in [7, 11) is 2.18. The second kappa shape index (κ2) is 7.09. The highest BCUT2D eigenvalue weighted by molar-refractivity contribution is 5.94. The number of rotatable bonds is 6. The Balaban J connectivity index is 1.42. The molecule has 1 aliphatic carbocycles. The fourth-order valence-electron chi connectivity index (χ4n) is 3.01. The fraction of sp³-hybridized carbons (Fsp3) is 0.647. The molecule has 2 aliphatic rings. The summed E-state index contributed by atoms with van der Waals surface area (Å²) in [5, 5.41) is 6.34. The van der Waals surface area contributed by atoms with Gasteiger partial charge in [-0.2, -0.15) is 0 Å². The van der Waals surface area contributed by atoms with Crippen molar-refractivity contribution < 1.29 is 4.79 Å². The van der Waals surface area contributed by atoms with Crippen LogP contribution in [-0.4, -0.2) is 48.0 Å². The van der Waals surface area contributed by atoms with Gasteiger partial charge in [-0.25, -0.2) is 4.98 Å². The van der Waals surface area contributed by atoms with Gasteiger partial charge in [0.25, 0.3) is 5.91 Å². The Morgan fingerprint density at radius 2 is 2.18 bits per heavy atom. The number of anilines is 1. The van der Waals surface area contributed by atoms with E-state index < -0.39 is 0 Å². The van der Waals surface area contributed by atoms with Gasteiger partial charge in [-0.3, -0.25) is 4.79 Å². The smallest absolute Gasteiger partial charge is 0.252 e. The lowest BCUT2D eigenvalue weighted by Gasteiger charge is -2.32. The highest BCUT2D eigenvalue weighted by Crippen LogP contribution is 2.23. The number of pyridine rings is 1. The summed E-state index contributed by atoms with van der Waals surface area (Å²) in [5.74, 6) is 0.840. The number of aromatic nitrogens is 1. The van der Waals surface area contributed by atoms with E-state index in [2.05, 4.69) is 27.6 Å². The third kappa shape index (κ3) is 4.19. The van der Waals surface area contributed by atoms with Crippen molar-refractivity contribution in [2.45, 2.75) is 50.6 Å². The third-order valence-corrected chi connectivity index (χ3v) is 4.64. The van der Waals surface area contributed by atoms with Crippen LogP contribution in [-0.2, 0) is 0 Å². The van der Waals surface area contributed by atoms with Crippen molar-refractivity contribution in [2.24, 2.45) is 0 Å². The molecule has 0 radical (unpaired) electrons. The number of piperidine rings is 1. The largest absolute Gasteiger partial charge is 0.367 e. The van der Waals surface area contributed by atoms with Crippen molar-refractivity contribution in [3.8, 4) is 0 Å². The summed E-state index contributed by atoms with van der Waals surface area (Å²) in [6, 6.07) is 4.93. The lowest BCUT2D eigenvalue weighted by Crippen LogP contribution is -2.39. The van der Waals surface area contributed by atoms with E-state index in [9.17, 15) is 4.79 Å². The van der Waals surface area contributed by atoms with Crippen molar-refractivity contribution in [2.75, 3.05) is 25.5 Å². The molecule has 1 aliphatic heterocycles. The quantitative estimate of drug-likeness (QED) is 0.846. The summed E-state index contributed by atoms with van der Waals surface area (Å²) < 4.78 is 0. The highest BCUT2D eigenvalue weighted by atomic mass is 16.1. The minimum atomic E-state index is -0.0241. The molecular weight excluding hydrogens is 276 g/mol. The van der Waals surface area contributed by atoms with Crippen molar-refractivity contribution in [3.05, 3.63) is 23.9 Å². The minimum Gasteiger partial charge on any atom is -0.367 e. The van der Waals surface area contributed by atoms with Crippen LogP contribution in [0.1, 0.15) is 48.9 Å². The van der Waals surface area contributed by atoms with Gasteiger partial charge in [-0.05, 0) is 57.8 Å². The molecule has 2 fully saturated rings. The molecule has 1 atom stereocenters. The number of carbonyl (C=O) groups is 1. The monoisotopic (exact) mass is 302 g/mol. The number of likely N-dealkylation sites (tertiary alicyclic amines) is 1. The molecule has 1 saturated carbocycles. The minimum absolute atomic E-state index is 0.0241. The molecule has 0 aromatic carbocycles. The number of nitrogens with one attached hydrogen (secondary N) is 2. The van der Waals surface area contributed by atoms with Gasteiger partial charge in [-0.15, -0.1) is 0 Å². The normalized spacial score (nSPS) is 22.3. The Morgan fingerprint density at radius 1 is 1.32 bits per heavy atom. The highest BCUT2D eigenvalue weighted by Gasteiger charge is 2.21. The summed E-state index contributed by atoms with van der Waals surface area (Å²) >= 11 is 0.